The monoisotopic (exact) mass is 424 g/mol. The summed E-state index contributed by atoms with van der Waals surface area (Å²) in [6.07, 6.45) is 4.41. The van der Waals surface area contributed by atoms with Gasteiger partial charge in [0.15, 0.2) is 11.5 Å². The van der Waals surface area contributed by atoms with Crippen molar-refractivity contribution in [3.05, 3.63) is 53.6 Å². The van der Waals surface area contributed by atoms with Gasteiger partial charge in [0.2, 0.25) is 0 Å². The number of methoxy groups -OCH3 is 1. The summed E-state index contributed by atoms with van der Waals surface area (Å²) in [5.74, 6) is 1.87. The molecule has 1 amide bonds. The first-order valence-corrected chi connectivity index (χ1v) is 11.2. The fourth-order valence-corrected chi connectivity index (χ4v) is 4.58. The molecule has 2 aromatic rings. The van der Waals surface area contributed by atoms with Gasteiger partial charge in [0, 0.05) is 32.1 Å². The summed E-state index contributed by atoms with van der Waals surface area (Å²) in [6, 6.07) is 13.2. The molecular formula is C25H32N2O4. The Morgan fingerprint density at radius 2 is 1.87 bits per heavy atom. The van der Waals surface area contributed by atoms with Gasteiger partial charge < -0.3 is 19.5 Å². The van der Waals surface area contributed by atoms with Gasteiger partial charge >= 0.3 is 0 Å². The Bertz CT molecular complexity index is 895. The van der Waals surface area contributed by atoms with Crippen LogP contribution >= 0.6 is 0 Å². The second kappa shape index (κ2) is 10.1. The topological polar surface area (TPSA) is 62.2 Å². The van der Waals surface area contributed by atoms with Gasteiger partial charge in [0.05, 0.1) is 19.3 Å². The number of phenols is 1. The minimum Gasteiger partial charge on any atom is -0.504 e. The van der Waals surface area contributed by atoms with Crippen LogP contribution in [-0.4, -0.2) is 60.7 Å². The number of ether oxygens (including phenoxy) is 2. The van der Waals surface area contributed by atoms with E-state index >= 15 is 0 Å². The molecule has 31 heavy (non-hydrogen) atoms. The van der Waals surface area contributed by atoms with Crippen molar-refractivity contribution in [3.8, 4) is 17.2 Å². The highest BCUT2D eigenvalue weighted by Gasteiger charge is 2.24. The van der Waals surface area contributed by atoms with Crippen LogP contribution in [0.5, 0.6) is 17.2 Å². The van der Waals surface area contributed by atoms with Crippen LogP contribution in [0.1, 0.15) is 41.6 Å². The molecule has 6 heteroatoms. The number of para-hydroxylation sites is 1. The molecule has 1 atom stereocenters. The zero-order chi connectivity index (χ0) is 21.6. The van der Waals surface area contributed by atoms with Gasteiger partial charge in [-0.15, -0.1) is 0 Å². The van der Waals surface area contributed by atoms with Gasteiger partial charge in [-0.3, -0.25) is 9.69 Å². The average Bonchev–Trinajstić information content (AvgIpc) is 3.34. The molecular weight excluding hydrogens is 392 g/mol. The number of hydrogen-bond donors (Lipinski definition) is 1. The zero-order valence-corrected chi connectivity index (χ0v) is 18.3. The predicted molar refractivity (Wildman–Crippen MR) is 120 cm³/mol. The molecule has 2 aromatic carbocycles. The lowest BCUT2D eigenvalue weighted by molar-refractivity contribution is 0.0784. The van der Waals surface area contributed by atoms with E-state index in [1.54, 1.807) is 13.2 Å². The number of likely N-dealkylation sites (tertiary alicyclic amines) is 2. The van der Waals surface area contributed by atoms with E-state index < -0.39 is 0 Å². The summed E-state index contributed by atoms with van der Waals surface area (Å²) < 4.78 is 11.4. The molecule has 0 spiro atoms. The van der Waals surface area contributed by atoms with Crippen LogP contribution in [0.25, 0.3) is 0 Å². The summed E-state index contributed by atoms with van der Waals surface area (Å²) in [5, 5.41) is 9.81. The Morgan fingerprint density at radius 3 is 2.68 bits per heavy atom. The number of nitrogens with zero attached hydrogens (tertiary/aromatic N) is 2. The molecule has 2 heterocycles. The van der Waals surface area contributed by atoms with Crippen molar-refractivity contribution in [3.63, 3.8) is 0 Å². The molecule has 2 fully saturated rings. The van der Waals surface area contributed by atoms with Crippen LogP contribution < -0.4 is 9.47 Å². The number of phenolic OH excluding ortho intramolecular Hbond substituents is 1. The zero-order valence-electron chi connectivity index (χ0n) is 18.3. The van der Waals surface area contributed by atoms with E-state index in [9.17, 15) is 9.90 Å². The molecule has 6 nitrogen and oxygen atoms in total. The summed E-state index contributed by atoms with van der Waals surface area (Å²) in [7, 11) is 1.57. The maximum atomic E-state index is 12.9. The fraction of sp³-hybridized carbons (Fsp3) is 0.480. The molecule has 1 N–H and O–H groups in total. The predicted octanol–water partition coefficient (Wildman–Crippen LogP) is 3.93. The maximum absolute atomic E-state index is 12.9. The molecule has 166 valence electrons. The SMILES string of the molecule is COc1cc(CN2CCCC(COc3ccccc3C(=O)N3CCCC3)C2)ccc1O. The third-order valence-corrected chi connectivity index (χ3v) is 6.24. The van der Waals surface area contributed by atoms with E-state index in [1.165, 1.54) is 0 Å². The number of rotatable bonds is 7. The lowest BCUT2D eigenvalue weighted by atomic mass is 9.98. The van der Waals surface area contributed by atoms with E-state index in [4.69, 9.17) is 9.47 Å². The minimum atomic E-state index is 0.0830. The second-order valence-electron chi connectivity index (χ2n) is 8.56. The van der Waals surface area contributed by atoms with Crippen molar-refractivity contribution >= 4 is 5.91 Å². The van der Waals surface area contributed by atoms with E-state index in [0.29, 0.717) is 29.6 Å². The van der Waals surface area contributed by atoms with E-state index in [-0.39, 0.29) is 11.7 Å². The summed E-state index contributed by atoms with van der Waals surface area (Å²) in [4.78, 5) is 17.2. The Kier molecular flexibility index (Phi) is 6.97. The molecule has 0 aromatic heterocycles. The highest BCUT2D eigenvalue weighted by molar-refractivity contribution is 5.97. The lowest BCUT2D eigenvalue weighted by Crippen LogP contribution is -2.37. The number of benzene rings is 2. The number of piperidine rings is 1. The Hall–Kier alpha value is -2.73. The molecule has 0 saturated carbocycles. The van der Waals surface area contributed by atoms with Gasteiger partial charge in [-0.1, -0.05) is 18.2 Å². The van der Waals surface area contributed by atoms with Crippen molar-refractivity contribution in [2.75, 3.05) is 39.9 Å². The molecule has 0 bridgehead atoms. The number of aromatic hydroxyl groups is 1. The van der Waals surface area contributed by atoms with Gasteiger partial charge in [-0.05, 0) is 62.1 Å². The largest absolute Gasteiger partial charge is 0.504 e. The van der Waals surface area contributed by atoms with Gasteiger partial charge in [-0.2, -0.15) is 0 Å². The van der Waals surface area contributed by atoms with Crippen LogP contribution in [0.3, 0.4) is 0 Å². The van der Waals surface area contributed by atoms with E-state index in [2.05, 4.69) is 4.90 Å². The highest BCUT2D eigenvalue weighted by atomic mass is 16.5. The second-order valence-corrected chi connectivity index (χ2v) is 8.56. The Labute approximate surface area is 184 Å². The lowest BCUT2D eigenvalue weighted by Gasteiger charge is -2.33. The van der Waals surface area contributed by atoms with Crippen molar-refractivity contribution in [1.29, 1.82) is 0 Å². The summed E-state index contributed by atoms with van der Waals surface area (Å²) >= 11 is 0. The van der Waals surface area contributed by atoms with Crippen molar-refractivity contribution in [2.24, 2.45) is 5.92 Å². The number of amides is 1. The quantitative estimate of drug-likeness (QED) is 0.730. The van der Waals surface area contributed by atoms with Crippen molar-refractivity contribution in [1.82, 2.24) is 9.80 Å². The normalized spacial score (nSPS) is 19.4. The first kappa shape index (κ1) is 21.5. The first-order chi connectivity index (χ1) is 15.1. The van der Waals surface area contributed by atoms with Gasteiger partial charge in [0.25, 0.3) is 5.91 Å². The van der Waals surface area contributed by atoms with Crippen LogP contribution in [-0.2, 0) is 6.54 Å². The molecule has 4 rings (SSSR count). The third kappa shape index (κ3) is 5.31. The molecule has 2 saturated heterocycles. The Balaban J connectivity index is 1.35. The maximum Gasteiger partial charge on any atom is 0.257 e. The molecule has 0 radical (unpaired) electrons. The third-order valence-electron chi connectivity index (χ3n) is 6.24. The standard InChI is InChI=1S/C25H32N2O4/c1-30-24-15-19(10-11-22(24)28)16-26-12-6-7-20(17-26)18-31-23-9-3-2-8-21(23)25(29)27-13-4-5-14-27/h2-3,8-11,15,20,28H,4-7,12-14,16-18H2,1H3. The molecule has 0 aliphatic carbocycles. The van der Waals surface area contributed by atoms with Crippen molar-refractivity contribution in [2.45, 2.75) is 32.2 Å². The van der Waals surface area contributed by atoms with Crippen LogP contribution in [0, 0.1) is 5.92 Å². The average molecular weight is 425 g/mol. The van der Waals surface area contributed by atoms with E-state index in [0.717, 1.165) is 64.0 Å². The molecule has 2 aliphatic rings. The van der Waals surface area contributed by atoms with Crippen LogP contribution in [0.15, 0.2) is 42.5 Å². The van der Waals surface area contributed by atoms with Gasteiger partial charge in [0.1, 0.15) is 5.75 Å². The molecule has 2 aliphatic heterocycles. The van der Waals surface area contributed by atoms with Crippen LogP contribution in [0.4, 0.5) is 0 Å². The first-order valence-electron chi connectivity index (χ1n) is 11.2. The highest BCUT2D eigenvalue weighted by Crippen LogP contribution is 2.28. The number of carbonyl (C=O) groups is 1. The summed E-state index contributed by atoms with van der Waals surface area (Å²) in [6.45, 7) is 5.10. The smallest absolute Gasteiger partial charge is 0.257 e. The number of carbonyl (C=O) groups excluding carboxylic acids is 1. The number of hydrogen-bond acceptors (Lipinski definition) is 5. The van der Waals surface area contributed by atoms with E-state index in [1.807, 2.05) is 41.3 Å². The van der Waals surface area contributed by atoms with Gasteiger partial charge in [-0.25, -0.2) is 0 Å². The van der Waals surface area contributed by atoms with Crippen LogP contribution in [0.2, 0.25) is 0 Å². The summed E-state index contributed by atoms with van der Waals surface area (Å²) in [5.41, 5.74) is 1.80. The van der Waals surface area contributed by atoms with Crippen molar-refractivity contribution < 1.29 is 19.4 Å². The fourth-order valence-electron chi connectivity index (χ4n) is 4.58. The Morgan fingerprint density at radius 1 is 1.06 bits per heavy atom. The minimum absolute atomic E-state index is 0.0830. The molecule has 1 unspecified atom stereocenters.